The minimum absolute atomic E-state index is 0.00932. The van der Waals surface area contributed by atoms with Gasteiger partial charge in [0.25, 0.3) is 0 Å². The molecule has 2 amide bonds. The molecule has 2 aromatic rings. The van der Waals surface area contributed by atoms with Crippen LogP contribution in [0.2, 0.25) is 0 Å². The van der Waals surface area contributed by atoms with Crippen molar-refractivity contribution in [2.75, 3.05) is 19.7 Å². The number of amides is 2. The number of guanidine groups is 1. The molecule has 41 heavy (non-hydrogen) atoms. The SMILES string of the molecule is CC(C)COC(=O)NC(=N)N1CCCC(CC(C(N)=O)(C2CC2)C(C=O)NS(=O)(=O)c2ccc3ccccc3c2)C1. The Kier molecular flexibility index (Phi) is 9.33. The van der Waals surface area contributed by atoms with Crippen LogP contribution < -0.4 is 15.8 Å². The van der Waals surface area contributed by atoms with Gasteiger partial charge in [-0.15, -0.1) is 0 Å². The van der Waals surface area contributed by atoms with E-state index in [2.05, 4.69) is 10.0 Å². The number of rotatable bonds is 11. The summed E-state index contributed by atoms with van der Waals surface area (Å²) in [4.78, 5) is 39.4. The fourth-order valence-corrected chi connectivity index (χ4v) is 7.06. The van der Waals surface area contributed by atoms with Crippen molar-refractivity contribution in [1.29, 1.82) is 5.41 Å². The molecule has 1 aliphatic heterocycles. The molecule has 4 rings (SSSR count). The standard InChI is InChI=1S/C29H39N5O6S/c1-19(2)18-40-28(37)32-27(31)34-13-5-6-20(16-34)15-29(26(30)36,23-10-11-23)25(17-35)33-41(38,39)24-12-9-21-7-3-4-8-22(21)14-24/h3-4,7-9,12,14,17,19-20,23,25,33H,5-6,10-11,13,15-16,18H2,1-2H3,(H2,30,36)(H2,31,32,37). The molecule has 5 N–H and O–H groups in total. The third-order valence-corrected chi connectivity index (χ3v) is 9.44. The van der Waals surface area contributed by atoms with Crippen LogP contribution in [0.4, 0.5) is 4.79 Å². The van der Waals surface area contributed by atoms with E-state index in [1.165, 1.54) is 12.1 Å². The second kappa shape index (κ2) is 12.6. The number of carbonyl (C=O) groups excluding carboxylic acids is 3. The Bertz CT molecular complexity index is 1410. The number of nitrogens with zero attached hydrogens (tertiary/aromatic N) is 1. The lowest BCUT2D eigenvalue weighted by Crippen LogP contribution is -2.58. The Balaban J connectivity index is 1.53. The van der Waals surface area contributed by atoms with Gasteiger partial charge in [-0.3, -0.25) is 15.5 Å². The third kappa shape index (κ3) is 7.05. The number of sulfonamides is 1. The number of benzene rings is 2. The number of ether oxygens (including phenoxy) is 1. The number of likely N-dealkylation sites (tertiary alicyclic amines) is 1. The van der Waals surface area contributed by atoms with Gasteiger partial charge in [0.05, 0.1) is 23.0 Å². The molecule has 11 nitrogen and oxygen atoms in total. The molecule has 2 fully saturated rings. The highest BCUT2D eigenvalue weighted by Gasteiger charge is 2.56. The van der Waals surface area contributed by atoms with Crippen molar-refractivity contribution in [3.05, 3.63) is 42.5 Å². The molecular formula is C29H39N5O6S. The van der Waals surface area contributed by atoms with Crippen molar-refractivity contribution in [2.45, 2.75) is 56.9 Å². The number of hydrogen-bond acceptors (Lipinski definition) is 7. The average molecular weight is 586 g/mol. The van der Waals surface area contributed by atoms with Crippen molar-refractivity contribution in [1.82, 2.24) is 14.9 Å². The zero-order chi connectivity index (χ0) is 29.8. The predicted molar refractivity (Wildman–Crippen MR) is 154 cm³/mol. The molecule has 0 bridgehead atoms. The van der Waals surface area contributed by atoms with Crippen LogP contribution in [0.25, 0.3) is 10.8 Å². The normalized spacial score (nSPS) is 19.8. The number of hydrogen-bond donors (Lipinski definition) is 4. The largest absolute Gasteiger partial charge is 0.449 e. The number of alkyl carbamates (subject to hydrolysis) is 1. The van der Waals surface area contributed by atoms with Crippen LogP contribution in [0.15, 0.2) is 47.4 Å². The maximum Gasteiger partial charge on any atom is 0.413 e. The van der Waals surface area contributed by atoms with Gasteiger partial charge in [0, 0.05) is 13.1 Å². The fraction of sp³-hybridized carbons (Fsp3) is 0.517. The van der Waals surface area contributed by atoms with E-state index in [9.17, 15) is 22.8 Å². The predicted octanol–water partition coefficient (Wildman–Crippen LogP) is 2.99. The summed E-state index contributed by atoms with van der Waals surface area (Å²) >= 11 is 0. The summed E-state index contributed by atoms with van der Waals surface area (Å²) < 4.78 is 34.6. The molecule has 222 valence electrons. The van der Waals surface area contributed by atoms with Gasteiger partial charge in [0.1, 0.15) is 6.29 Å². The maximum atomic E-state index is 13.5. The van der Waals surface area contributed by atoms with E-state index in [4.69, 9.17) is 15.9 Å². The number of primary amides is 1. The number of nitrogens with one attached hydrogen (secondary N) is 3. The minimum atomic E-state index is -4.17. The van der Waals surface area contributed by atoms with E-state index in [0.717, 1.165) is 10.8 Å². The van der Waals surface area contributed by atoms with Crippen LogP contribution in [-0.2, 0) is 24.3 Å². The van der Waals surface area contributed by atoms with Gasteiger partial charge in [0.2, 0.25) is 21.9 Å². The molecule has 1 saturated heterocycles. The third-order valence-electron chi connectivity index (χ3n) is 8.00. The first kappa shape index (κ1) is 30.4. The van der Waals surface area contributed by atoms with Gasteiger partial charge in [-0.25, -0.2) is 13.2 Å². The highest BCUT2D eigenvalue weighted by atomic mass is 32.2. The fourth-order valence-electron chi connectivity index (χ4n) is 5.79. The van der Waals surface area contributed by atoms with Crippen LogP contribution in [0.3, 0.4) is 0 Å². The first-order chi connectivity index (χ1) is 19.5. The zero-order valence-corrected chi connectivity index (χ0v) is 24.3. The molecule has 2 aromatic carbocycles. The molecule has 1 aliphatic carbocycles. The smallest absolute Gasteiger partial charge is 0.413 e. The van der Waals surface area contributed by atoms with Gasteiger partial charge >= 0.3 is 6.09 Å². The Labute approximate surface area is 240 Å². The van der Waals surface area contributed by atoms with Gasteiger partial charge in [-0.2, -0.15) is 4.72 Å². The van der Waals surface area contributed by atoms with E-state index in [1.807, 2.05) is 32.0 Å². The first-order valence-electron chi connectivity index (χ1n) is 14.0. The zero-order valence-electron chi connectivity index (χ0n) is 23.5. The van der Waals surface area contributed by atoms with Crippen molar-refractivity contribution in [3.8, 4) is 0 Å². The average Bonchev–Trinajstić information content (AvgIpc) is 3.79. The summed E-state index contributed by atoms with van der Waals surface area (Å²) in [6.45, 7) is 4.92. The van der Waals surface area contributed by atoms with Gasteiger partial charge < -0.3 is 20.2 Å². The number of carbonyl (C=O) groups is 3. The molecule has 0 aromatic heterocycles. The van der Waals surface area contributed by atoms with E-state index in [1.54, 1.807) is 17.0 Å². The molecule has 12 heteroatoms. The lowest BCUT2D eigenvalue weighted by Gasteiger charge is -2.42. The molecular weight excluding hydrogens is 546 g/mol. The maximum absolute atomic E-state index is 13.5. The Morgan fingerprint density at radius 2 is 1.88 bits per heavy atom. The number of aldehydes is 1. The lowest BCUT2D eigenvalue weighted by atomic mass is 9.68. The summed E-state index contributed by atoms with van der Waals surface area (Å²) in [6, 6.07) is 10.7. The molecule has 0 radical (unpaired) electrons. The summed E-state index contributed by atoms with van der Waals surface area (Å²) in [7, 11) is -4.17. The Morgan fingerprint density at radius 1 is 1.17 bits per heavy atom. The highest BCUT2D eigenvalue weighted by molar-refractivity contribution is 7.89. The van der Waals surface area contributed by atoms with Crippen LogP contribution >= 0.6 is 0 Å². The van der Waals surface area contributed by atoms with Crippen molar-refractivity contribution in [3.63, 3.8) is 0 Å². The number of nitrogens with two attached hydrogens (primary N) is 1. The van der Waals surface area contributed by atoms with Crippen molar-refractivity contribution in [2.24, 2.45) is 28.9 Å². The number of fused-ring (bicyclic) bond motifs is 1. The van der Waals surface area contributed by atoms with E-state index >= 15 is 0 Å². The van der Waals surface area contributed by atoms with Crippen molar-refractivity contribution >= 4 is 45.0 Å². The summed E-state index contributed by atoms with van der Waals surface area (Å²) in [5, 5.41) is 12.4. The molecule has 0 spiro atoms. The van der Waals surface area contributed by atoms with E-state index in [0.29, 0.717) is 45.1 Å². The molecule has 3 unspecified atom stereocenters. The van der Waals surface area contributed by atoms with Crippen LogP contribution in [0, 0.1) is 28.6 Å². The highest BCUT2D eigenvalue weighted by Crippen LogP contribution is 2.52. The number of piperidine rings is 1. The monoisotopic (exact) mass is 585 g/mol. The molecule has 1 saturated carbocycles. The van der Waals surface area contributed by atoms with Crippen molar-refractivity contribution < 1.29 is 27.5 Å². The Morgan fingerprint density at radius 3 is 2.51 bits per heavy atom. The topological polar surface area (TPSA) is 172 Å². The summed E-state index contributed by atoms with van der Waals surface area (Å²) in [6.07, 6.45) is 2.64. The molecule has 2 aliphatic rings. The van der Waals surface area contributed by atoms with Crippen LogP contribution in [-0.4, -0.2) is 63.3 Å². The van der Waals surface area contributed by atoms with Gasteiger partial charge in [-0.05, 0) is 72.8 Å². The van der Waals surface area contributed by atoms with E-state index < -0.39 is 33.5 Å². The van der Waals surface area contributed by atoms with Crippen LogP contribution in [0.1, 0.15) is 46.0 Å². The van der Waals surface area contributed by atoms with Crippen LogP contribution in [0.5, 0.6) is 0 Å². The van der Waals surface area contributed by atoms with Gasteiger partial charge in [0.15, 0.2) is 0 Å². The van der Waals surface area contributed by atoms with E-state index in [-0.39, 0.29) is 41.6 Å². The summed E-state index contributed by atoms with van der Waals surface area (Å²) in [5.74, 6) is -1.08. The lowest BCUT2D eigenvalue weighted by molar-refractivity contribution is -0.135. The first-order valence-corrected chi connectivity index (χ1v) is 15.5. The second-order valence-electron chi connectivity index (χ2n) is 11.5. The Hall–Kier alpha value is -3.51. The summed E-state index contributed by atoms with van der Waals surface area (Å²) in [5.41, 5.74) is 4.57. The molecule has 3 atom stereocenters. The quantitative estimate of drug-likeness (QED) is 0.178. The van der Waals surface area contributed by atoms with Gasteiger partial charge in [-0.1, -0.05) is 44.2 Å². The minimum Gasteiger partial charge on any atom is -0.449 e. The second-order valence-corrected chi connectivity index (χ2v) is 13.3. The molecule has 1 heterocycles.